The molecule has 0 saturated heterocycles. The molecule has 0 fully saturated rings. The van der Waals surface area contributed by atoms with Crippen LogP contribution < -0.4 is 14.8 Å². The van der Waals surface area contributed by atoms with Gasteiger partial charge in [0.25, 0.3) is 0 Å². The summed E-state index contributed by atoms with van der Waals surface area (Å²) in [6.45, 7) is 3.22. The van der Waals surface area contributed by atoms with Gasteiger partial charge in [-0.15, -0.1) is 0 Å². The minimum absolute atomic E-state index is 0.334. The highest BCUT2D eigenvalue weighted by molar-refractivity contribution is 5.66. The van der Waals surface area contributed by atoms with Crippen molar-refractivity contribution in [3.8, 4) is 17.2 Å². The van der Waals surface area contributed by atoms with Gasteiger partial charge in [-0.05, 0) is 43.3 Å². The Morgan fingerprint density at radius 2 is 1.57 bits per heavy atom. The van der Waals surface area contributed by atoms with Gasteiger partial charge >= 0.3 is 6.09 Å². The van der Waals surface area contributed by atoms with E-state index in [-0.39, 0.29) is 0 Å². The first kappa shape index (κ1) is 16.7. The highest BCUT2D eigenvalue weighted by Crippen LogP contribution is 2.23. The average Bonchev–Trinajstić information content (AvgIpc) is 2.57. The number of benzene rings is 2. The Morgan fingerprint density at radius 3 is 2.26 bits per heavy atom. The fourth-order valence-corrected chi connectivity index (χ4v) is 1.84. The molecule has 0 aliphatic rings. The van der Waals surface area contributed by atoms with Crippen molar-refractivity contribution >= 4 is 6.09 Å². The first-order valence-electron chi connectivity index (χ1n) is 7.64. The fourth-order valence-electron chi connectivity index (χ4n) is 1.84. The van der Waals surface area contributed by atoms with Crippen molar-refractivity contribution in [1.29, 1.82) is 0 Å². The number of alkyl carbamates (subject to hydrolysis) is 1. The second kappa shape index (κ2) is 9.35. The van der Waals surface area contributed by atoms with Crippen LogP contribution in [-0.4, -0.2) is 25.9 Å². The molecular weight excluding hydrogens is 294 g/mol. The van der Waals surface area contributed by atoms with Crippen molar-refractivity contribution in [3.63, 3.8) is 0 Å². The van der Waals surface area contributed by atoms with E-state index in [1.54, 1.807) is 0 Å². The lowest BCUT2D eigenvalue weighted by Crippen LogP contribution is -2.24. The van der Waals surface area contributed by atoms with Gasteiger partial charge < -0.3 is 19.5 Å². The zero-order chi connectivity index (χ0) is 16.3. The van der Waals surface area contributed by atoms with Crippen LogP contribution in [-0.2, 0) is 4.74 Å². The standard InChI is InChI=1S/C18H21NO4/c1-2-19-18(20)22-14-6-13-21-15-9-11-17(12-10-15)23-16-7-4-3-5-8-16/h3-5,7-12H,2,6,13-14H2,1H3,(H,19,20). The Bertz CT molecular complexity index is 584. The molecule has 0 aliphatic carbocycles. The Labute approximate surface area is 136 Å². The van der Waals surface area contributed by atoms with E-state index >= 15 is 0 Å². The number of para-hydroxylation sites is 1. The van der Waals surface area contributed by atoms with Crippen LogP contribution in [0.15, 0.2) is 54.6 Å². The van der Waals surface area contributed by atoms with Crippen molar-refractivity contribution in [2.75, 3.05) is 19.8 Å². The average molecular weight is 315 g/mol. The molecule has 2 aromatic rings. The molecule has 5 nitrogen and oxygen atoms in total. The molecule has 2 rings (SSSR count). The summed E-state index contributed by atoms with van der Waals surface area (Å²) >= 11 is 0. The lowest BCUT2D eigenvalue weighted by molar-refractivity contribution is 0.138. The van der Waals surface area contributed by atoms with Crippen LogP contribution in [0.2, 0.25) is 0 Å². The topological polar surface area (TPSA) is 56.8 Å². The third-order valence-electron chi connectivity index (χ3n) is 2.91. The van der Waals surface area contributed by atoms with E-state index in [2.05, 4.69) is 5.32 Å². The molecule has 0 saturated carbocycles. The summed E-state index contributed by atoms with van der Waals surface area (Å²) in [5.74, 6) is 2.30. The summed E-state index contributed by atoms with van der Waals surface area (Å²) in [6, 6.07) is 17.0. The molecule has 23 heavy (non-hydrogen) atoms. The smallest absolute Gasteiger partial charge is 0.407 e. The van der Waals surface area contributed by atoms with Crippen molar-refractivity contribution in [3.05, 3.63) is 54.6 Å². The van der Waals surface area contributed by atoms with Crippen LogP contribution >= 0.6 is 0 Å². The van der Waals surface area contributed by atoms with Crippen LogP contribution in [0.4, 0.5) is 4.79 Å². The normalized spacial score (nSPS) is 9.96. The second-order valence-corrected chi connectivity index (χ2v) is 4.75. The molecule has 0 spiro atoms. The van der Waals surface area contributed by atoms with E-state index in [1.807, 2.05) is 61.5 Å². The summed E-state index contributed by atoms with van der Waals surface area (Å²) in [7, 11) is 0. The molecule has 0 radical (unpaired) electrons. The van der Waals surface area contributed by atoms with Crippen LogP contribution in [0.3, 0.4) is 0 Å². The summed E-state index contributed by atoms with van der Waals surface area (Å²) in [5, 5.41) is 2.56. The second-order valence-electron chi connectivity index (χ2n) is 4.75. The van der Waals surface area contributed by atoms with E-state index in [9.17, 15) is 4.79 Å². The van der Waals surface area contributed by atoms with Crippen LogP contribution in [0.1, 0.15) is 13.3 Å². The predicted molar refractivity (Wildman–Crippen MR) is 88.1 cm³/mol. The van der Waals surface area contributed by atoms with Gasteiger partial charge in [0.2, 0.25) is 0 Å². The lowest BCUT2D eigenvalue weighted by Gasteiger charge is -2.09. The number of ether oxygens (including phenoxy) is 3. The number of carbonyl (C=O) groups excluding carboxylic acids is 1. The molecule has 122 valence electrons. The van der Waals surface area contributed by atoms with Gasteiger partial charge in [0.05, 0.1) is 13.2 Å². The van der Waals surface area contributed by atoms with E-state index < -0.39 is 6.09 Å². The maximum Gasteiger partial charge on any atom is 0.407 e. The molecule has 0 aliphatic heterocycles. The van der Waals surface area contributed by atoms with E-state index in [0.29, 0.717) is 26.2 Å². The van der Waals surface area contributed by atoms with Crippen molar-refractivity contribution in [2.45, 2.75) is 13.3 Å². The Morgan fingerprint density at radius 1 is 0.913 bits per heavy atom. The number of rotatable bonds is 8. The zero-order valence-corrected chi connectivity index (χ0v) is 13.2. The van der Waals surface area contributed by atoms with E-state index in [0.717, 1.165) is 17.2 Å². The summed E-state index contributed by atoms with van der Waals surface area (Å²) < 4.78 is 16.2. The van der Waals surface area contributed by atoms with Crippen molar-refractivity contribution in [2.24, 2.45) is 0 Å². The van der Waals surface area contributed by atoms with Gasteiger partial charge in [-0.2, -0.15) is 0 Å². The van der Waals surface area contributed by atoms with E-state index in [1.165, 1.54) is 0 Å². The quantitative estimate of drug-likeness (QED) is 0.748. The third-order valence-corrected chi connectivity index (χ3v) is 2.91. The summed E-state index contributed by atoms with van der Waals surface area (Å²) in [4.78, 5) is 11.1. The molecule has 1 amide bonds. The SMILES string of the molecule is CCNC(=O)OCCCOc1ccc(Oc2ccccc2)cc1. The molecule has 0 heterocycles. The van der Waals surface area contributed by atoms with Crippen LogP contribution in [0.5, 0.6) is 17.2 Å². The van der Waals surface area contributed by atoms with Gasteiger partial charge in [0.15, 0.2) is 0 Å². The fraction of sp³-hybridized carbons (Fsp3) is 0.278. The van der Waals surface area contributed by atoms with Crippen molar-refractivity contribution in [1.82, 2.24) is 5.32 Å². The molecule has 1 N–H and O–H groups in total. The zero-order valence-electron chi connectivity index (χ0n) is 13.2. The van der Waals surface area contributed by atoms with Gasteiger partial charge in [-0.1, -0.05) is 18.2 Å². The molecule has 5 heteroatoms. The van der Waals surface area contributed by atoms with Gasteiger partial charge in [-0.3, -0.25) is 0 Å². The molecule has 0 unspecified atom stereocenters. The predicted octanol–water partition coefficient (Wildman–Crippen LogP) is 3.99. The highest BCUT2D eigenvalue weighted by Gasteiger charge is 2.00. The number of carbonyl (C=O) groups is 1. The van der Waals surface area contributed by atoms with Gasteiger partial charge in [0.1, 0.15) is 17.2 Å². The first-order chi connectivity index (χ1) is 11.3. The van der Waals surface area contributed by atoms with Gasteiger partial charge in [0, 0.05) is 13.0 Å². The summed E-state index contributed by atoms with van der Waals surface area (Å²) in [6.07, 6.45) is 0.245. The monoisotopic (exact) mass is 315 g/mol. The Hall–Kier alpha value is -2.69. The first-order valence-corrected chi connectivity index (χ1v) is 7.64. The largest absolute Gasteiger partial charge is 0.493 e. The lowest BCUT2D eigenvalue weighted by atomic mass is 10.3. The van der Waals surface area contributed by atoms with Crippen molar-refractivity contribution < 1.29 is 19.0 Å². The maximum atomic E-state index is 11.1. The molecule has 0 aromatic heterocycles. The molecule has 2 aromatic carbocycles. The molecular formula is C18H21NO4. The molecule has 0 atom stereocenters. The third kappa shape index (κ3) is 6.30. The number of nitrogens with one attached hydrogen (secondary N) is 1. The number of hydrogen-bond acceptors (Lipinski definition) is 4. The Kier molecular flexibility index (Phi) is 6.78. The highest BCUT2D eigenvalue weighted by atomic mass is 16.5. The maximum absolute atomic E-state index is 11.1. The van der Waals surface area contributed by atoms with Crippen LogP contribution in [0, 0.1) is 0 Å². The number of amides is 1. The minimum atomic E-state index is -0.394. The summed E-state index contributed by atoms with van der Waals surface area (Å²) in [5.41, 5.74) is 0. The van der Waals surface area contributed by atoms with Gasteiger partial charge in [-0.25, -0.2) is 4.79 Å². The number of hydrogen-bond donors (Lipinski definition) is 1. The molecule has 0 bridgehead atoms. The van der Waals surface area contributed by atoms with E-state index in [4.69, 9.17) is 14.2 Å². The minimum Gasteiger partial charge on any atom is -0.493 e. The Balaban J connectivity index is 1.68. The van der Waals surface area contributed by atoms with Crippen LogP contribution in [0.25, 0.3) is 0 Å².